The molecule has 4 nitrogen and oxygen atoms in total. The molecule has 0 saturated carbocycles. The van der Waals surface area contributed by atoms with Crippen molar-refractivity contribution in [1.29, 1.82) is 0 Å². The fourth-order valence-electron chi connectivity index (χ4n) is 2.72. The topological polar surface area (TPSA) is 67.5 Å². The number of carbonyl (C=O) groups is 1. The zero-order valence-corrected chi connectivity index (χ0v) is 10.8. The van der Waals surface area contributed by atoms with Crippen molar-refractivity contribution in [2.24, 2.45) is 10.9 Å². The molecule has 3 N–H and O–H groups in total. The number of hydrogen-bond acceptors (Lipinski definition) is 3. The number of nitrogens with two attached hydrogens (primary N) is 1. The quantitative estimate of drug-likeness (QED) is 0.360. The van der Waals surface area contributed by atoms with Crippen LogP contribution in [0.3, 0.4) is 0 Å². The number of hydrazone groups is 1. The van der Waals surface area contributed by atoms with Gasteiger partial charge in [0.25, 0.3) is 5.91 Å². The van der Waals surface area contributed by atoms with Crippen molar-refractivity contribution in [3.05, 3.63) is 41.0 Å². The number of nitrogens with zero attached hydrogens (tertiary/aromatic N) is 1. The molecular weight excluding hydrogens is 226 g/mol. The summed E-state index contributed by atoms with van der Waals surface area (Å²) in [4.78, 5) is 12.2. The predicted octanol–water partition coefficient (Wildman–Crippen LogP) is 1.77. The minimum atomic E-state index is -0.298. The number of benzene rings is 1. The second-order valence-corrected chi connectivity index (χ2v) is 4.92. The maximum Gasteiger partial charge on any atom is 0.253 e. The van der Waals surface area contributed by atoms with Crippen LogP contribution in [-0.2, 0) is 10.2 Å². The highest BCUT2D eigenvalue weighted by molar-refractivity contribution is 6.09. The Bertz CT molecular complexity index is 556. The van der Waals surface area contributed by atoms with Gasteiger partial charge >= 0.3 is 0 Å². The smallest absolute Gasteiger partial charge is 0.253 e. The predicted molar refractivity (Wildman–Crippen MR) is 72.9 cm³/mol. The van der Waals surface area contributed by atoms with Gasteiger partial charge in [0, 0.05) is 11.0 Å². The summed E-state index contributed by atoms with van der Waals surface area (Å²) in [5.74, 6) is 4.85. The Balaban J connectivity index is 2.50. The van der Waals surface area contributed by atoms with Crippen LogP contribution in [0, 0.1) is 0 Å². The number of amides is 1. The van der Waals surface area contributed by atoms with E-state index in [9.17, 15) is 4.79 Å². The lowest BCUT2D eigenvalue weighted by Gasteiger charge is -2.23. The van der Waals surface area contributed by atoms with Gasteiger partial charge in [-0.3, -0.25) is 4.79 Å². The number of nitrogens with one attached hydrogen (secondary N) is 1. The first-order chi connectivity index (χ1) is 8.50. The monoisotopic (exact) mass is 243 g/mol. The molecule has 1 amide bonds. The number of carbonyl (C=O) groups excluding carboxylic acids is 1. The molecule has 94 valence electrons. The largest absolute Gasteiger partial charge is 0.322 e. The third kappa shape index (κ3) is 1.70. The summed E-state index contributed by atoms with van der Waals surface area (Å²) in [7, 11) is 0. The zero-order valence-electron chi connectivity index (χ0n) is 10.8. The molecule has 1 aromatic carbocycles. The Morgan fingerprint density at radius 2 is 2.06 bits per heavy atom. The molecule has 4 heteroatoms. The van der Waals surface area contributed by atoms with E-state index in [0.717, 1.165) is 16.7 Å². The number of fused-ring (bicyclic) bond motifs is 1. The average Bonchev–Trinajstić information content (AvgIpc) is 2.55. The van der Waals surface area contributed by atoms with Crippen LogP contribution in [0.5, 0.6) is 0 Å². The van der Waals surface area contributed by atoms with Crippen LogP contribution in [0.4, 0.5) is 0 Å². The highest BCUT2D eigenvalue weighted by Crippen LogP contribution is 2.45. The van der Waals surface area contributed by atoms with Crippen LogP contribution in [0.25, 0.3) is 5.57 Å². The van der Waals surface area contributed by atoms with Crippen molar-refractivity contribution in [2.75, 3.05) is 0 Å². The molecule has 0 heterocycles. The van der Waals surface area contributed by atoms with E-state index in [1.54, 1.807) is 0 Å². The van der Waals surface area contributed by atoms with Crippen molar-refractivity contribution < 1.29 is 4.79 Å². The summed E-state index contributed by atoms with van der Waals surface area (Å²) in [6, 6.07) is 8.09. The lowest BCUT2D eigenvalue weighted by molar-refractivity contribution is -0.116. The number of rotatable bonds is 2. The summed E-state index contributed by atoms with van der Waals surface area (Å²) < 4.78 is 0. The van der Waals surface area contributed by atoms with Crippen molar-refractivity contribution in [3.63, 3.8) is 0 Å². The number of hydrogen-bond donors (Lipinski definition) is 2. The van der Waals surface area contributed by atoms with Gasteiger partial charge in [0.05, 0.1) is 0 Å². The molecule has 2 rings (SSSR count). The molecule has 0 saturated heterocycles. The first-order valence-corrected chi connectivity index (χ1v) is 5.84. The highest BCUT2D eigenvalue weighted by atomic mass is 16.1. The molecular formula is C14H17N3O. The molecule has 0 unspecified atom stereocenters. The SMILES string of the molecule is CC1=C(C(=O)NC=NN)C(C)(C)c2ccccc21. The average molecular weight is 243 g/mol. The first kappa shape index (κ1) is 12.4. The molecule has 18 heavy (non-hydrogen) atoms. The maximum atomic E-state index is 12.2. The Hall–Kier alpha value is -2.10. The lowest BCUT2D eigenvalue weighted by atomic mass is 9.81. The van der Waals surface area contributed by atoms with E-state index in [-0.39, 0.29) is 11.3 Å². The zero-order chi connectivity index (χ0) is 13.3. The summed E-state index contributed by atoms with van der Waals surface area (Å²) in [5, 5.41) is 5.87. The van der Waals surface area contributed by atoms with Crippen molar-refractivity contribution >= 4 is 17.8 Å². The third-order valence-corrected chi connectivity index (χ3v) is 3.50. The molecule has 0 aliphatic heterocycles. The van der Waals surface area contributed by atoms with E-state index in [2.05, 4.69) is 30.3 Å². The minimum absolute atomic E-state index is 0.150. The Morgan fingerprint density at radius 1 is 1.39 bits per heavy atom. The van der Waals surface area contributed by atoms with Crippen LogP contribution in [0.1, 0.15) is 31.9 Å². The van der Waals surface area contributed by atoms with Gasteiger partial charge in [-0.2, -0.15) is 5.10 Å². The van der Waals surface area contributed by atoms with Gasteiger partial charge in [-0.15, -0.1) is 0 Å². The molecule has 0 atom stereocenters. The normalized spacial score (nSPS) is 17.1. The number of allylic oxidation sites excluding steroid dienone is 1. The van der Waals surface area contributed by atoms with Crippen LogP contribution < -0.4 is 11.2 Å². The first-order valence-electron chi connectivity index (χ1n) is 5.84. The van der Waals surface area contributed by atoms with Gasteiger partial charge in [-0.1, -0.05) is 38.1 Å². The fourth-order valence-corrected chi connectivity index (χ4v) is 2.72. The Morgan fingerprint density at radius 3 is 2.67 bits per heavy atom. The maximum absolute atomic E-state index is 12.2. The van der Waals surface area contributed by atoms with Crippen molar-refractivity contribution in [3.8, 4) is 0 Å². The summed E-state index contributed by atoms with van der Waals surface area (Å²) in [6.07, 6.45) is 1.21. The van der Waals surface area contributed by atoms with Gasteiger partial charge in [0.2, 0.25) is 0 Å². The van der Waals surface area contributed by atoms with E-state index in [1.165, 1.54) is 11.9 Å². The standard InChI is InChI=1S/C14H17N3O/c1-9-10-6-4-5-7-11(10)14(2,3)12(9)13(18)16-8-17-15/h4-8H,15H2,1-3H3,(H,16,17,18). The van der Waals surface area contributed by atoms with Gasteiger partial charge in [0.1, 0.15) is 6.34 Å². The lowest BCUT2D eigenvalue weighted by Crippen LogP contribution is -2.32. The van der Waals surface area contributed by atoms with E-state index in [1.807, 2.05) is 25.1 Å². The fraction of sp³-hybridized carbons (Fsp3) is 0.286. The summed E-state index contributed by atoms with van der Waals surface area (Å²) >= 11 is 0. The molecule has 0 fully saturated rings. The molecule has 1 aliphatic carbocycles. The second-order valence-electron chi connectivity index (χ2n) is 4.92. The second kappa shape index (κ2) is 4.29. The third-order valence-electron chi connectivity index (χ3n) is 3.50. The van der Waals surface area contributed by atoms with Crippen molar-refractivity contribution in [2.45, 2.75) is 26.2 Å². The molecule has 1 aliphatic rings. The molecule has 1 aromatic rings. The minimum Gasteiger partial charge on any atom is -0.322 e. The van der Waals surface area contributed by atoms with Crippen LogP contribution in [0.15, 0.2) is 34.9 Å². The van der Waals surface area contributed by atoms with Gasteiger partial charge in [-0.05, 0) is 23.6 Å². The van der Waals surface area contributed by atoms with Crippen LogP contribution in [-0.4, -0.2) is 12.2 Å². The Kier molecular flexibility index (Phi) is 2.95. The van der Waals surface area contributed by atoms with Gasteiger partial charge in [0.15, 0.2) is 0 Å². The molecule has 0 bridgehead atoms. The summed E-state index contributed by atoms with van der Waals surface area (Å²) in [6.45, 7) is 6.08. The molecule has 0 aromatic heterocycles. The molecule has 0 spiro atoms. The van der Waals surface area contributed by atoms with Gasteiger partial charge < -0.3 is 11.2 Å². The highest BCUT2D eigenvalue weighted by Gasteiger charge is 2.39. The van der Waals surface area contributed by atoms with Crippen molar-refractivity contribution in [1.82, 2.24) is 5.32 Å². The van der Waals surface area contributed by atoms with Crippen LogP contribution in [0.2, 0.25) is 0 Å². The van der Waals surface area contributed by atoms with Gasteiger partial charge in [-0.25, -0.2) is 0 Å². The van der Waals surface area contributed by atoms with E-state index in [4.69, 9.17) is 5.84 Å². The Labute approximate surface area is 107 Å². The van der Waals surface area contributed by atoms with E-state index >= 15 is 0 Å². The van der Waals surface area contributed by atoms with E-state index < -0.39 is 0 Å². The van der Waals surface area contributed by atoms with Crippen LogP contribution >= 0.6 is 0 Å². The molecule has 0 radical (unpaired) electrons. The summed E-state index contributed by atoms with van der Waals surface area (Å²) in [5.41, 5.74) is 3.80. The van der Waals surface area contributed by atoms with E-state index in [0.29, 0.717) is 0 Å².